The predicted molar refractivity (Wildman–Crippen MR) is 124 cm³/mol. The maximum absolute atomic E-state index is 12.5. The van der Waals surface area contributed by atoms with Crippen LogP contribution in [0.3, 0.4) is 0 Å². The summed E-state index contributed by atoms with van der Waals surface area (Å²) in [5, 5.41) is 0. The molecule has 0 atom stereocenters. The van der Waals surface area contributed by atoms with Crippen molar-refractivity contribution in [3.8, 4) is 0 Å². The molecule has 0 radical (unpaired) electrons. The lowest BCUT2D eigenvalue weighted by Crippen LogP contribution is -2.32. The van der Waals surface area contributed by atoms with E-state index in [0.29, 0.717) is 6.10 Å². The fourth-order valence-corrected chi connectivity index (χ4v) is 8.10. The number of rotatable bonds is 6. The zero-order valence-electron chi connectivity index (χ0n) is 19.9. The lowest BCUT2D eigenvalue weighted by atomic mass is 9.63. The Kier molecular flexibility index (Phi) is 8.88. The van der Waals surface area contributed by atoms with Crippen molar-refractivity contribution < 1.29 is 13.5 Å². The van der Waals surface area contributed by atoms with Crippen molar-refractivity contribution in [3.05, 3.63) is 12.2 Å². The van der Waals surface area contributed by atoms with Gasteiger partial charge in [-0.25, -0.2) is 0 Å². The van der Waals surface area contributed by atoms with E-state index in [2.05, 4.69) is 6.92 Å². The largest absolute Gasteiger partial charge is 0.379 e. The number of halogens is 2. The first-order valence-electron chi connectivity index (χ1n) is 13.8. The fourth-order valence-electron chi connectivity index (χ4n) is 8.10. The summed E-state index contributed by atoms with van der Waals surface area (Å²) in [5.41, 5.74) is 0. The molecule has 0 unspecified atom stereocenters. The second-order valence-electron chi connectivity index (χ2n) is 11.5. The quantitative estimate of drug-likeness (QED) is 0.404. The van der Waals surface area contributed by atoms with Gasteiger partial charge < -0.3 is 4.74 Å². The molecule has 0 aliphatic heterocycles. The second-order valence-corrected chi connectivity index (χ2v) is 11.5. The highest BCUT2D eigenvalue weighted by Gasteiger charge is 2.36. The summed E-state index contributed by atoms with van der Waals surface area (Å²) in [5.74, 6) is 5.78. The molecule has 0 amide bonds. The first-order valence-corrected chi connectivity index (χ1v) is 13.8. The molecule has 1 nitrogen and oxygen atoms in total. The van der Waals surface area contributed by atoms with Gasteiger partial charge in [-0.15, -0.1) is 0 Å². The van der Waals surface area contributed by atoms with Gasteiger partial charge in [0.2, 0.25) is 0 Å². The Morgan fingerprint density at radius 3 is 1.23 bits per heavy atom. The van der Waals surface area contributed by atoms with E-state index in [0.717, 1.165) is 55.0 Å². The lowest BCUT2D eigenvalue weighted by Gasteiger charge is -2.43. The Morgan fingerprint density at radius 1 is 0.581 bits per heavy atom. The molecule has 0 bridgehead atoms. The van der Waals surface area contributed by atoms with Crippen LogP contribution in [-0.4, -0.2) is 12.7 Å². The third kappa shape index (κ3) is 6.55. The molecule has 4 aliphatic carbocycles. The summed E-state index contributed by atoms with van der Waals surface area (Å²) in [4.78, 5) is 0. The van der Waals surface area contributed by atoms with Crippen LogP contribution in [0.25, 0.3) is 0 Å². The van der Waals surface area contributed by atoms with E-state index < -0.39 is 6.08 Å². The smallest absolute Gasteiger partial charge is 0.266 e. The third-order valence-corrected chi connectivity index (χ3v) is 9.93. The molecule has 0 spiro atoms. The van der Waals surface area contributed by atoms with Crippen LogP contribution in [0.2, 0.25) is 0 Å². The van der Waals surface area contributed by atoms with E-state index in [1.165, 1.54) is 96.0 Å². The number of allylic oxidation sites excluding steroid dienone is 1. The van der Waals surface area contributed by atoms with Gasteiger partial charge in [0, 0.05) is 6.61 Å². The molecule has 0 heterocycles. The second kappa shape index (κ2) is 11.6. The average Bonchev–Trinajstić information content (AvgIpc) is 2.80. The molecular weight excluding hydrogens is 390 g/mol. The molecule has 3 heteroatoms. The molecule has 0 aromatic carbocycles. The standard InChI is InChI=1S/C28H46F2O/c1-2-31-27-17-15-26(16-18-27)25-13-11-24(12-14-25)23-9-7-22(8-10-23)21-5-3-20(4-6-21)19-28(29)30/h19-27H,2-18H2,1H3. The Balaban J connectivity index is 1.14. The van der Waals surface area contributed by atoms with Crippen LogP contribution in [0, 0.1) is 41.4 Å². The van der Waals surface area contributed by atoms with Gasteiger partial charge in [0.15, 0.2) is 0 Å². The van der Waals surface area contributed by atoms with Crippen molar-refractivity contribution in [2.75, 3.05) is 6.61 Å². The average molecular weight is 437 g/mol. The highest BCUT2D eigenvalue weighted by atomic mass is 19.3. The summed E-state index contributed by atoms with van der Waals surface area (Å²) >= 11 is 0. The minimum atomic E-state index is -1.48. The van der Waals surface area contributed by atoms with Crippen LogP contribution in [0.15, 0.2) is 12.2 Å². The third-order valence-electron chi connectivity index (χ3n) is 9.93. The van der Waals surface area contributed by atoms with Crippen molar-refractivity contribution in [1.82, 2.24) is 0 Å². The molecule has 4 aliphatic rings. The zero-order valence-corrected chi connectivity index (χ0v) is 19.9. The van der Waals surface area contributed by atoms with Crippen molar-refractivity contribution in [1.29, 1.82) is 0 Å². The van der Waals surface area contributed by atoms with Gasteiger partial charge in [0.05, 0.1) is 6.10 Å². The number of ether oxygens (including phenoxy) is 1. The van der Waals surface area contributed by atoms with Crippen molar-refractivity contribution >= 4 is 0 Å². The fraction of sp³-hybridized carbons (Fsp3) is 0.929. The minimum Gasteiger partial charge on any atom is -0.379 e. The summed E-state index contributed by atoms with van der Waals surface area (Å²) in [6.07, 6.45) is 21.7. The van der Waals surface area contributed by atoms with Crippen LogP contribution < -0.4 is 0 Å². The Morgan fingerprint density at radius 2 is 0.903 bits per heavy atom. The number of hydrogen-bond acceptors (Lipinski definition) is 1. The molecule has 0 N–H and O–H groups in total. The highest BCUT2D eigenvalue weighted by Crippen LogP contribution is 2.48. The van der Waals surface area contributed by atoms with Gasteiger partial charge in [0.1, 0.15) is 0 Å². The van der Waals surface area contributed by atoms with Crippen molar-refractivity contribution in [3.63, 3.8) is 0 Å². The van der Waals surface area contributed by atoms with Gasteiger partial charge in [-0.3, -0.25) is 0 Å². The lowest BCUT2D eigenvalue weighted by molar-refractivity contribution is 0.0112. The monoisotopic (exact) mass is 436 g/mol. The van der Waals surface area contributed by atoms with Crippen LogP contribution in [0.5, 0.6) is 0 Å². The summed E-state index contributed by atoms with van der Waals surface area (Å²) in [6, 6.07) is 0. The highest BCUT2D eigenvalue weighted by molar-refractivity contribution is 4.93. The van der Waals surface area contributed by atoms with Gasteiger partial charge in [-0.2, -0.15) is 8.78 Å². The zero-order chi connectivity index (χ0) is 21.6. The Bertz CT molecular complexity index is 539. The van der Waals surface area contributed by atoms with Crippen LogP contribution in [0.4, 0.5) is 8.78 Å². The van der Waals surface area contributed by atoms with Gasteiger partial charge in [0.25, 0.3) is 6.08 Å². The Labute approximate surface area is 189 Å². The van der Waals surface area contributed by atoms with E-state index in [9.17, 15) is 8.78 Å². The van der Waals surface area contributed by atoms with Crippen LogP contribution >= 0.6 is 0 Å². The topological polar surface area (TPSA) is 9.23 Å². The molecule has 0 aromatic heterocycles. The van der Waals surface area contributed by atoms with Gasteiger partial charge >= 0.3 is 0 Å². The van der Waals surface area contributed by atoms with E-state index >= 15 is 0 Å². The predicted octanol–water partition coefficient (Wildman–Crippen LogP) is 8.78. The molecule has 0 aromatic rings. The van der Waals surface area contributed by atoms with Gasteiger partial charge in [-0.05, 0) is 157 Å². The molecule has 0 saturated heterocycles. The van der Waals surface area contributed by atoms with Crippen LogP contribution in [-0.2, 0) is 4.74 Å². The Hall–Kier alpha value is -0.440. The normalized spacial score (nSPS) is 42.2. The molecule has 178 valence electrons. The van der Waals surface area contributed by atoms with Gasteiger partial charge in [-0.1, -0.05) is 0 Å². The van der Waals surface area contributed by atoms with E-state index in [4.69, 9.17) is 4.74 Å². The molecule has 4 rings (SSSR count). The summed E-state index contributed by atoms with van der Waals surface area (Å²) in [7, 11) is 0. The van der Waals surface area contributed by atoms with Crippen molar-refractivity contribution in [2.24, 2.45) is 41.4 Å². The first kappa shape index (κ1) is 23.7. The molecular formula is C28H46F2O. The number of hydrogen-bond donors (Lipinski definition) is 0. The summed E-state index contributed by atoms with van der Waals surface area (Å²) < 4.78 is 30.9. The van der Waals surface area contributed by atoms with E-state index in [1.54, 1.807) is 0 Å². The summed E-state index contributed by atoms with van der Waals surface area (Å²) in [6.45, 7) is 3.00. The van der Waals surface area contributed by atoms with E-state index in [1.807, 2.05) is 0 Å². The maximum atomic E-state index is 12.5. The van der Waals surface area contributed by atoms with Crippen LogP contribution in [0.1, 0.15) is 110 Å². The maximum Gasteiger partial charge on any atom is 0.266 e. The molecule has 4 fully saturated rings. The molecule has 31 heavy (non-hydrogen) atoms. The SMILES string of the molecule is CCOC1CCC(C2CCC(C3CCC(C4CCC(C=C(F)F)CC4)CC3)CC2)CC1. The van der Waals surface area contributed by atoms with Crippen molar-refractivity contribution in [2.45, 2.75) is 116 Å². The van der Waals surface area contributed by atoms with E-state index in [-0.39, 0.29) is 5.92 Å². The minimum absolute atomic E-state index is 0.141. The first-order chi connectivity index (χ1) is 15.1. The molecule has 4 saturated carbocycles.